The zero-order valence-electron chi connectivity index (χ0n) is 10.3. The molecule has 2 heterocycles. The Bertz CT molecular complexity index is 527. The van der Waals surface area contributed by atoms with Crippen LogP contribution in [0.15, 0.2) is 18.3 Å². The van der Waals surface area contributed by atoms with Crippen molar-refractivity contribution in [2.45, 2.75) is 38.6 Å². The van der Waals surface area contributed by atoms with Gasteiger partial charge in [0.25, 0.3) is 0 Å². The van der Waals surface area contributed by atoms with E-state index in [-0.39, 0.29) is 0 Å². The van der Waals surface area contributed by atoms with Crippen LogP contribution in [-0.2, 0) is 0 Å². The molecule has 2 aromatic heterocycles. The van der Waals surface area contributed by atoms with E-state index in [4.69, 9.17) is 0 Å². The summed E-state index contributed by atoms with van der Waals surface area (Å²) in [4.78, 5) is 0. The zero-order valence-corrected chi connectivity index (χ0v) is 10.3. The molecule has 0 spiro atoms. The summed E-state index contributed by atoms with van der Waals surface area (Å²) in [6.45, 7) is 5.32. The molecule has 0 aromatic carbocycles. The average Bonchev–Trinajstić information content (AvgIpc) is 3.09. The molecule has 4 heteroatoms. The van der Waals surface area contributed by atoms with Crippen molar-refractivity contribution < 1.29 is 0 Å². The van der Waals surface area contributed by atoms with Gasteiger partial charge in [0, 0.05) is 23.7 Å². The van der Waals surface area contributed by atoms with Crippen molar-refractivity contribution in [3.8, 4) is 0 Å². The predicted octanol–water partition coefficient (Wildman–Crippen LogP) is 2.28. The predicted molar refractivity (Wildman–Crippen MR) is 67.1 cm³/mol. The smallest absolute Gasteiger partial charge is 0.0923 e. The fourth-order valence-electron chi connectivity index (χ4n) is 2.44. The average molecular weight is 230 g/mol. The third-order valence-corrected chi connectivity index (χ3v) is 3.39. The van der Waals surface area contributed by atoms with Crippen molar-refractivity contribution in [2.75, 3.05) is 6.54 Å². The molecule has 1 N–H and O–H groups in total. The van der Waals surface area contributed by atoms with Crippen LogP contribution in [0.3, 0.4) is 0 Å². The first kappa shape index (κ1) is 10.7. The molecule has 2 aromatic rings. The monoisotopic (exact) mass is 230 g/mol. The Morgan fingerprint density at radius 3 is 3.06 bits per heavy atom. The van der Waals surface area contributed by atoms with Crippen LogP contribution in [0.4, 0.5) is 0 Å². The SMILES string of the molecule is CCNC(C)c1c(C2CC2)nn2ncccc12. The highest BCUT2D eigenvalue weighted by molar-refractivity contribution is 5.58. The van der Waals surface area contributed by atoms with Gasteiger partial charge in [-0.05, 0) is 38.4 Å². The van der Waals surface area contributed by atoms with E-state index in [2.05, 4.69) is 35.4 Å². The lowest BCUT2D eigenvalue weighted by Crippen LogP contribution is -2.18. The van der Waals surface area contributed by atoms with Crippen LogP contribution in [-0.4, -0.2) is 21.4 Å². The van der Waals surface area contributed by atoms with E-state index in [0.717, 1.165) is 12.1 Å². The first-order valence-corrected chi connectivity index (χ1v) is 6.38. The van der Waals surface area contributed by atoms with Crippen molar-refractivity contribution >= 4 is 5.52 Å². The Balaban J connectivity index is 2.13. The number of rotatable bonds is 4. The second-order valence-electron chi connectivity index (χ2n) is 4.75. The summed E-state index contributed by atoms with van der Waals surface area (Å²) in [6, 6.07) is 4.43. The summed E-state index contributed by atoms with van der Waals surface area (Å²) in [5.41, 5.74) is 3.72. The van der Waals surface area contributed by atoms with Crippen LogP contribution in [0, 0.1) is 0 Å². The van der Waals surface area contributed by atoms with Crippen LogP contribution in [0.2, 0.25) is 0 Å². The molecular weight excluding hydrogens is 212 g/mol. The van der Waals surface area contributed by atoms with Crippen LogP contribution < -0.4 is 5.32 Å². The molecule has 1 aliphatic rings. The van der Waals surface area contributed by atoms with Gasteiger partial charge in [0.15, 0.2) is 0 Å². The van der Waals surface area contributed by atoms with E-state index in [1.54, 1.807) is 10.8 Å². The lowest BCUT2D eigenvalue weighted by Gasteiger charge is -2.12. The molecule has 4 nitrogen and oxygen atoms in total. The van der Waals surface area contributed by atoms with Crippen molar-refractivity contribution in [1.82, 2.24) is 20.1 Å². The van der Waals surface area contributed by atoms with E-state index in [1.165, 1.54) is 24.1 Å². The number of hydrogen-bond acceptors (Lipinski definition) is 3. The molecule has 0 amide bonds. The van der Waals surface area contributed by atoms with Crippen LogP contribution in [0.5, 0.6) is 0 Å². The number of nitrogens with one attached hydrogen (secondary N) is 1. The van der Waals surface area contributed by atoms with Crippen molar-refractivity contribution in [3.63, 3.8) is 0 Å². The fourth-order valence-corrected chi connectivity index (χ4v) is 2.44. The summed E-state index contributed by atoms with van der Waals surface area (Å²) in [5, 5.41) is 12.4. The topological polar surface area (TPSA) is 42.2 Å². The summed E-state index contributed by atoms with van der Waals surface area (Å²) >= 11 is 0. The van der Waals surface area contributed by atoms with Gasteiger partial charge in [-0.3, -0.25) is 0 Å². The van der Waals surface area contributed by atoms with Gasteiger partial charge in [-0.15, -0.1) is 0 Å². The maximum absolute atomic E-state index is 4.64. The number of hydrogen-bond donors (Lipinski definition) is 1. The first-order valence-electron chi connectivity index (χ1n) is 6.38. The molecule has 0 saturated heterocycles. The Labute approximate surface area is 101 Å². The molecule has 3 rings (SSSR count). The number of aromatic nitrogens is 3. The van der Waals surface area contributed by atoms with Crippen molar-refractivity contribution in [1.29, 1.82) is 0 Å². The normalized spacial score (nSPS) is 17.5. The molecule has 17 heavy (non-hydrogen) atoms. The highest BCUT2D eigenvalue weighted by Crippen LogP contribution is 2.43. The van der Waals surface area contributed by atoms with Crippen LogP contribution >= 0.6 is 0 Å². The quantitative estimate of drug-likeness (QED) is 0.876. The summed E-state index contributed by atoms with van der Waals surface area (Å²) in [5.74, 6) is 0.660. The van der Waals surface area contributed by atoms with Gasteiger partial charge in [0.1, 0.15) is 0 Å². The highest BCUT2D eigenvalue weighted by atomic mass is 15.4. The molecule has 1 saturated carbocycles. The lowest BCUT2D eigenvalue weighted by molar-refractivity contribution is 0.596. The van der Waals surface area contributed by atoms with Gasteiger partial charge in [-0.25, -0.2) is 0 Å². The Hall–Kier alpha value is -1.42. The molecule has 1 aliphatic carbocycles. The van der Waals surface area contributed by atoms with Gasteiger partial charge in [0.2, 0.25) is 0 Å². The Kier molecular flexibility index (Phi) is 2.59. The first-order chi connectivity index (χ1) is 8.31. The third kappa shape index (κ3) is 1.82. The largest absolute Gasteiger partial charge is 0.310 e. The minimum atomic E-state index is 0.345. The molecule has 0 bridgehead atoms. The minimum Gasteiger partial charge on any atom is -0.310 e. The van der Waals surface area contributed by atoms with Crippen molar-refractivity contribution in [2.24, 2.45) is 0 Å². The molecule has 0 aliphatic heterocycles. The molecule has 1 fully saturated rings. The summed E-state index contributed by atoms with van der Waals surface area (Å²) < 4.78 is 1.77. The van der Waals surface area contributed by atoms with E-state index in [9.17, 15) is 0 Å². The summed E-state index contributed by atoms with van der Waals surface area (Å²) in [7, 11) is 0. The second kappa shape index (κ2) is 4.11. The number of nitrogens with zero attached hydrogens (tertiary/aromatic N) is 3. The minimum absolute atomic E-state index is 0.345. The maximum atomic E-state index is 4.64. The summed E-state index contributed by atoms with van der Waals surface area (Å²) in [6.07, 6.45) is 4.34. The lowest BCUT2D eigenvalue weighted by atomic mass is 10.0. The van der Waals surface area contributed by atoms with Gasteiger partial charge >= 0.3 is 0 Å². The second-order valence-corrected chi connectivity index (χ2v) is 4.75. The fraction of sp³-hybridized carbons (Fsp3) is 0.538. The van der Waals surface area contributed by atoms with Gasteiger partial charge < -0.3 is 5.32 Å². The van der Waals surface area contributed by atoms with E-state index >= 15 is 0 Å². The maximum Gasteiger partial charge on any atom is 0.0923 e. The molecular formula is C13H18N4. The van der Waals surface area contributed by atoms with Crippen LogP contribution in [0.25, 0.3) is 5.52 Å². The van der Waals surface area contributed by atoms with Gasteiger partial charge in [0.05, 0.1) is 11.2 Å². The van der Waals surface area contributed by atoms with E-state index < -0.39 is 0 Å². The Morgan fingerprint density at radius 1 is 1.53 bits per heavy atom. The molecule has 1 atom stereocenters. The molecule has 90 valence electrons. The van der Waals surface area contributed by atoms with Gasteiger partial charge in [-0.1, -0.05) is 6.92 Å². The zero-order chi connectivity index (χ0) is 11.8. The van der Waals surface area contributed by atoms with Crippen molar-refractivity contribution in [3.05, 3.63) is 29.6 Å². The van der Waals surface area contributed by atoms with Crippen LogP contribution in [0.1, 0.15) is 49.9 Å². The third-order valence-electron chi connectivity index (χ3n) is 3.39. The molecule has 0 radical (unpaired) electrons. The number of fused-ring (bicyclic) bond motifs is 1. The molecule has 1 unspecified atom stereocenters. The standard InChI is InChI=1S/C13H18N4/c1-3-14-9(2)12-11-5-4-8-15-17(11)16-13(12)10-6-7-10/h4-5,8-10,14H,3,6-7H2,1-2H3. The highest BCUT2D eigenvalue weighted by Gasteiger charge is 2.31. The Morgan fingerprint density at radius 2 is 2.35 bits per heavy atom. The van der Waals surface area contributed by atoms with E-state index in [0.29, 0.717) is 12.0 Å². The van der Waals surface area contributed by atoms with E-state index in [1.807, 2.05) is 6.07 Å². The van der Waals surface area contributed by atoms with Gasteiger partial charge in [-0.2, -0.15) is 14.8 Å².